The third-order valence-electron chi connectivity index (χ3n) is 4.14. The molecule has 25 heavy (non-hydrogen) atoms. The van der Waals surface area contributed by atoms with Crippen LogP contribution < -0.4 is 5.32 Å². The summed E-state index contributed by atoms with van der Waals surface area (Å²) in [6.07, 6.45) is 0.945. The molecule has 1 atom stereocenters. The van der Waals surface area contributed by atoms with Gasteiger partial charge in [0.05, 0.1) is 21.7 Å². The molecule has 0 spiro atoms. The van der Waals surface area contributed by atoms with Crippen LogP contribution in [0.1, 0.15) is 23.2 Å². The Hall–Kier alpha value is -1.45. The van der Waals surface area contributed by atoms with Crippen molar-refractivity contribution in [2.24, 2.45) is 0 Å². The SMILES string of the molecule is CN(C)CCCNC(=O)c1ccc(S(=O)(=O)[C@H]2CCS(=O)(=O)C2)cc1. The van der Waals surface area contributed by atoms with Crippen LogP contribution >= 0.6 is 0 Å². The molecule has 7 nitrogen and oxygen atoms in total. The van der Waals surface area contributed by atoms with Gasteiger partial charge in [-0.25, -0.2) is 16.8 Å². The number of carbonyl (C=O) groups excluding carboxylic acids is 1. The number of rotatable bonds is 7. The van der Waals surface area contributed by atoms with E-state index in [1.54, 1.807) is 0 Å². The molecule has 0 bridgehead atoms. The minimum atomic E-state index is -3.70. The summed E-state index contributed by atoms with van der Waals surface area (Å²) in [6, 6.07) is 5.65. The Morgan fingerprint density at radius 2 is 1.88 bits per heavy atom. The molecule has 1 fully saturated rings. The Labute approximate surface area is 149 Å². The van der Waals surface area contributed by atoms with Crippen molar-refractivity contribution < 1.29 is 21.6 Å². The molecule has 2 rings (SSSR count). The number of sulfone groups is 2. The fraction of sp³-hybridized carbons (Fsp3) is 0.562. The van der Waals surface area contributed by atoms with Gasteiger partial charge in [-0.05, 0) is 57.7 Å². The topological polar surface area (TPSA) is 101 Å². The standard InChI is InChI=1S/C16H24N2O5S2/c1-18(2)10-3-9-17-16(19)13-4-6-14(7-5-13)25(22,23)15-8-11-24(20,21)12-15/h4-7,15H,3,8-12H2,1-2H3,(H,17,19)/t15-/m0/s1. The number of carbonyl (C=O) groups is 1. The van der Waals surface area contributed by atoms with Crippen molar-refractivity contribution in [3.8, 4) is 0 Å². The largest absolute Gasteiger partial charge is 0.352 e. The zero-order valence-electron chi connectivity index (χ0n) is 14.4. The highest BCUT2D eigenvalue weighted by Crippen LogP contribution is 2.25. The van der Waals surface area contributed by atoms with Gasteiger partial charge in [-0.15, -0.1) is 0 Å². The number of amides is 1. The predicted octanol–water partition coefficient (Wildman–Crippen LogP) is 0.329. The lowest BCUT2D eigenvalue weighted by Crippen LogP contribution is -2.27. The van der Waals surface area contributed by atoms with Gasteiger partial charge in [-0.3, -0.25) is 4.79 Å². The molecule has 0 aliphatic carbocycles. The van der Waals surface area contributed by atoms with E-state index in [-0.39, 0.29) is 28.7 Å². The van der Waals surface area contributed by atoms with E-state index < -0.39 is 24.9 Å². The number of nitrogens with one attached hydrogen (secondary N) is 1. The highest BCUT2D eigenvalue weighted by atomic mass is 32.2. The second kappa shape index (κ2) is 7.84. The molecule has 1 heterocycles. The second-order valence-corrected chi connectivity index (χ2v) is 11.0. The van der Waals surface area contributed by atoms with Gasteiger partial charge >= 0.3 is 0 Å². The van der Waals surface area contributed by atoms with E-state index in [1.165, 1.54) is 24.3 Å². The molecule has 0 saturated carbocycles. The summed E-state index contributed by atoms with van der Waals surface area (Å²) in [6.45, 7) is 1.40. The van der Waals surface area contributed by atoms with Crippen molar-refractivity contribution in [1.29, 1.82) is 0 Å². The van der Waals surface area contributed by atoms with Gasteiger partial charge < -0.3 is 10.2 Å². The smallest absolute Gasteiger partial charge is 0.251 e. The summed E-state index contributed by atoms with van der Waals surface area (Å²) < 4.78 is 48.0. The molecule has 1 saturated heterocycles. The minimum Gasteiger partial charge on any atom is -0.352 e. The third-order valence-corrected chi connectivity index (χ3v) is 8.33. The molecule has 1 amide bonds. The Morgan fingerprint density at radius 1 is 1.24 bits per heavy atom. The Morgan fingerprint density at radius 3 is 2.40 bits per heavy atom. The highest BCUT2D eigenvalue weighted by Gasteiger charge is 2.37. The first kappa shape index (κ1) is 19.9. The first-order valence-electron chi connectivity index (χ1n) is 8.09. The van der Waals surface area contributed by atoms with Crippen LogP contribution in [0.4, 0.5) is 0 Å². The van der Waals surface area contributed by atoms with Crippen molar-refractivity contribution in [1.82, 2.24) is 10.2 Å². The summed E-state index contributed by atoms with van der Waals surface area (Å²) in [5.41, 5.74) is 0.378. The highest BCUT2D eigenvalue weighted by molar-refractivity contribution is 7.96. The summed E-state index contributed by atoms with van der Waals surface area (Å²) >= 11 is 0. The zero-order chi connectivity index (χ0) is 18.7. The van der Waals surface area contributed by atoms with Gasteiger partial charge in [0.25, 0.3) is 5.91 Å². The summed E-state index contributed by atoms with van der Waals surface area (Å²) in [5.74, 6) is -0.681. The summed E-state index contributed by atoms with van der Waals surface area (Å²) in [5, 5.41) is 1.88. The third kappa shape index (κ3) is 5.26. The average molecular weight is 389 g/mol. The van der Waals surface area contributed by atoms with E-state index in [0.29, 0.717) is 12.1 Å². The van der Waals surface area contributed by atoms with Gasteiger partial charge in [-0.2, -0.15) is 0 Å². The van der Waals surface area contributed by atoms with E-state index in [0.717, 1.165) is 13.0 Å². The summed E-state index contributed by atoms with van der Waals surface area (Å²) in [7, 11) is -3.06. The maximum atomic E-state index is 12.5. The van der Waals surface area contributed by atoms with Gasteiger partial charge in [0, 0.05) is 12.1 Å². The van der Waals surface area contributed by atoms with E-state index in [9.17, 15) is 21.6 Å². The van der Waals surface area contributed by atoms with Crippen molar-refractivity contribution in [2.75, 3.05) is 38.7 Å². The lowest BCUT2D eigenvalue weighted by molar-refractivity contribution is 0.0952. The predicted molar refractivity (Wildman–Crippen MR) is 96.2 cm³/mol. The Bertz CT molecular complexity index is 815. The van der Waals surface area contributed by atoms with E-state index in [4.69, 9.17) is 0 Å². The average Bonchev–Trinajstić information content (AvgIpc) is 2.92. The molecular formula is C16H24N2O5S2. The molecule has 0 unspecified atom stereocenters. The first-order chi connectivity index (χ1) is 11.6. The molecule has 0 radical (unpaired) electrons. The molecule has 9 heteroatoms. The maximum Gasteiger partial charge on any atom is 0.251 e. The molecule has 1 N–H and O–H groups in total. The van der Waals surface area contributed by atoms with Crippen LogP contribution in [0.25, 0.3) is 0 Å². The van der Waals surface area contributed by atoms with Crippen LogP contribution in [0, 0.1) is 0 Å². The molecule has 140 valence electrons. The number of benzene rings is 1. The van der Waals surface area contributed by atoms with Crippen LogP contribution in [-0.4, -0.2) is 71.6 Å². The zero-order valence-corrected chi connectivity index (χ0v) is 16.1. The first-order valence-corrected chi connectivity index (χ1v) is 11.5. The second-order valence-electron chi connectivity index (χ2n) is 6.51. The molecule has 1 aliphatic rings. The van der Waals surface area contributed by atoms with Crippen LogP contribution in [0.3, 0.4) is 0 Å². The van der Waals surface area contributed by atoms with Gasteiger partial charge in [0.2, 0.25) is 0 Å². The van der Waals surface area contributed by atoms with Gasteiger partial charge in [-0.1, -0.05) is 0 Å². The van der Waals surface area contributed by atoms with Crippen LogP contribution in [0.15, 0.2) is 29.2 Å². The Kier molecular flexibility index (Phi) is 6.23. The normalized spacial score (nSPS) is 19.9. The van der Waals surface area contributed by atoms with Gasteiger partial charge in [0.1, 0.15) is 0 Å². The van der Waals surface area contributed by atoms with Crippen molar-refractivity contribution in [3.05, 3.63) is 29.8 Å². The molecule has 1 aliphatic heterocycles. The van der Waals surface area contributed by atoms with E-state index in [1.807, 2.05) is 19.0 Å². The van der Waals surface area contributed by atoms with Crippen LogP contribution in [0.5, 0.6) is 0 Å². The van der Waals surface area contributed by atoms with E-state index in [2.05, 4.69) is 5.32 Å². The molecule has 1 aromatic carbocycles. The van der Waals surface area contributed by atoms with Crippen molar-refractivity contribution in [3.63, 3.8) is 0 Å². The fourth-order valence-electron chi connectivity index (χ4n) is 2.69. The maximum absolute atomic E-state index is 12.5. The monoisotopic (exact) mass is 388 g/mol. The lowest BCUT2D eigenvalue weighted by atomic mass is 10.2. The molecular weight excluding hydrogens is 364 g/mol. The lowest BCUT2D eigenvalue weighted by Gasteiger charge is -2.11. The number of hydrogen-bond donors (Lipinski definition) is 1. The number of hydrogen-bond acceptors (Lipinski definition) is 6. The Balaban J connectivity index is 2.00. The quantitative estimate of drug-likeness (QED) is 0.676. The molecule has 0 aromatic heterocycles. The van der Waals surface area contributed by atoms with Crippen molar-refractivity contribution in [2.45, 2.75) is 23.0 Å². The summed E-state index contributed by atoms with van der Waals surface area (Å²) in [4.78, 5) is 14.1. The van der Waals surface area contributed by atoms with E-state index >= 15 is 0 Å². The number of nitrogens with zero attached hydrogens (tertiary/aromatic N) is 1. The van der Waals surface area contributed by atoms with Crippen molar-refractivity contribution >= 4 is 25.6 Å². The fourth-order valence-corrected chi connectivity index (χ4v) is 7.05. The minimum absolute atomic E-state index is 0.0544. The van der Waals surface area contributed by atoms with Crippen LogP contribution in [0.2, 0.25) is 0 Å². The van der Waals surface area contributed by atoms with Crippen LogP contribution in [-0.2, 0) is 19.7 Å². The molecule has 1 aromatic rings. The van der Waals surface area contributed by atoms with Gasteiger partial charge in [0.15, 0.2) is 19.7 Å².